The van der Waals surface area contributed by atoms with Crippen LogP contribution in [0.3, 0.4) is 0 Å². The van der Waals surface area contributed by atoms with Crippen LogP contribution in [0.15, 0.2) is 18.3 Å². The number of pyridine rings is 1. The molecular formula is C8H8N2O3. The maximum atomic E-state index is 10.4. The normalized spacial score (nSPS) is 12.1. The smallest absolute Gasteiger partial charge is 0.326 e. The number of nitrogens with zero attached hydrogens (tertiary/aromatic N) is 1. The van der Waals surface area contributed by atoms with Gasteiger partial charge in [-0.3, -0.25) is 14.6 Å². The van der Waals surface area contributed by atoms with Gasteiger partial charge in [0.15, 0.2) is 6.29 Å². The van der Waals surface area contributed by atoms with E-state index < -0.39 is 12.0 Å². The molecule has 1 rings (SSSR count). The Kier molecular flexibility index (Phi) is 2.71. The standard InChI is InChI=1S/C8H8N2O3/c9-7(8(12)13)6-2-1-5(4-11)3-10-6/h1-4,7H,9H2,(H,12,13). The van der Waals surface area contributed by atoms with E-state index in [1.54, 1.807) is 0 Å². The van der Waals surface area contributed by atoms with Crippen LogP contribution in [0, 0.1) is 0 Å². The van der Waals surface area contributed by atoms with Crippen LogP contribution >= 0.6 is 0 Å². The Morgan fingerprint density at radius 1 is 1.62 bits per heavy atom. The predicted molar refractivity (Wildman–Crippen MR) is 44.2 cm³/mol. The Hall–Kier alpha value is -1.75. The van der Waals surface area contributed by atoms with E-state index in [0.29, 0.717) is 11.8 Å². The van der Waals surface area contributed by atoms with Crippen molar-refractivity contribution >= 4 is 12.3 Å². The summed E-state index contributed by atoms with van der Waals surface area (Å²) >= 11 is 0. The van der Waals surface area contributed by atoms with Crippen molar-refractivity contribution in [1.82, 2.24) is 4.98 Å². The highest BCUT2D eigenvalue weighted by atomic mass is 16.4. The first-order valence-corrected chi connectivity index (χ1v) is 3.54. The van der Waals surface area contributed by atoms with Gasteiger partial charge in [-0.25, -0.2) is 0 Å². The number of aromatic nitrogens is 1. The summed E-state index contributed by atoms with van der Waals surface area (Å²) in [6, 6.07) is 1.75. The number of carboxylic acids is 1. The zero-order valence-electron chi connectivity index (χ0n) is 6.68. The molecule has 1 aromatic heterocycles. The second kappa shape index (κ2) is 3.77. The molecule has 0 aliphatic carbocycles. The number of nitrogens with two attached hydrogens (primary N) is 1. The molecule has 5 heteroatoms. The monoisotopic (exact) mass is 180 g/mol. The molecule has 0 fully saturated rings. The van der Waals surface area contributed by atoms with Crippen LogP contribution in [-0.4, -0.2) is 22.3 Å². The van der Waals surface area contributed by atoms with Crippen molar-refractivity contribution in [2.75, 3.05) is 0 Å². The summed E-state index contributed by atoms with van der Waals surface area (Å²) in [6.07, 6.45) is 1.91. The molecule has 1 unspecified atom stereocenters. The topological polar surface area (TPSA) is 93.3 Å². The number of hydrogen-bond acceptors (Lipinski definition) is 4. The first-order chi connectivity index (χ1) is 6.15. The van der Waals surface area contributed by atoms with Crippen LogP contribution in [0.25, 0.3) is 0 Å². The quantitative estimate of drug-likeness (QED) is 0.637. The Labute approximate surface area is 74.2 Å². The van der Waals surface area contributed by atoms with Crippen LogP contribution < -0.4 is 5.73 Å². The zero-order chi connectivity index (χ0) is 9.84. The predicted octanol–water partition coefficient (Wildman–Crippen LogP) is -0.0215. The minimum absolute atomic E-state index is 0.234. The Morgan fingerprint density at radius 2 is 2.31 bits per heavy atom. The van der Waals surface area contributed by atoms with E-state index in [-0.39, 0.29) is 5.69 Å². The minimum atomic E-state index is -1.15. The fraction of sp³-hybridized carbons (Fsp3) is 0.125. The summed E-state index contributed by atoms with van der Waals surface area (Å²) in [5.74, 6) is -1.15. The van der Waals surface area contributed by atoms with Gasteiger partial charge in [0.25, 0.3) is 0 Å². The molecule has 0 amide bonds. The van der Waals surface area contributed by atoms with E-state index in [2.05, 4.69) is 4.98 Å². The van der Waals surface area contributed by atoms with Gasteiger partial charge in [-0.15, -0.1) is 0 Å². The van der Waals surface area contributed by atoms with Crippen LogP contribution in [-0.2, 0) is 4.79 Å². The number of aldehydes is 1. The van der Waals surface area contributed by atoms with Crippen LogP contribution in [0.2, 0.25) is 0 Å². The van der Waals surface area contributed by atoms with Crippen molar-refractivity contribution in [1.29, 1.82) is 0 Å². The minimum Gasteiger partial charge on any atom is -0.480 e. The third-order valence-corrected chi connectivity index (χ3v) is 1.53. The van der Waals surface area contributed by atoms with Gasteiger partial charge in [-0.1, -0.05) is 0 Å². The Balaban J connectivity index is 2.91. The molecule has 0 aliphatic heterocycles. The lowest BCUT2D eigenvalue weighted by molar-refractivity contribution is -0.138. The third kappa shape index (κ3) is 2.09. The lowest BCUT2D eigenvalue weighted by Crippen LogP contribution is -2.21. The average Bonchev–Trinajstić information content (AvgIpc) is 2.17. The Bertz CT molecular complexity index is 321. The van der Waals surface area contributed by atoms with Gasteiger partial charge in [0.1, 0.15) is 6.04 Å². The van der Waals surface area contributed by atoms with Crippen molar-refractivity contribution in [3.8, 4) is 0 Å². The Morgan fingerprint density at radius 3 is 2.69 bits per heavy atom. The highest BCUT2D eigenvalue weighted by Gasteiger charge is 2.14. The van der Waals surface area contributed by atoms with E-state index >= 15 is 0 Å². The molecule has 1 heterocycles. The van der Waals surface area contributed by atoms with Crippen molar-refractivity contribution < 1.29 is 14.7 Å². The first-order valence-electron chi connectivity index (χ1n) is 3.54. The molecule has 0 radical (unpaired) electrons. The van der Waals surface area contributed by atoms with Crippen LogP contribution in [0.5, 0.6) is 0 Å². The number of hydrogen-bond donors (Lipinski definition) is 2. The van der Waals surface area contributed by atoms with Crippen molar-refractivity contribution in [3.05, 3.63) is 29.6 Å². The second-order valence-electron chi connectivity index (χ2n) is 2.45. The number of rotatable bonds is 3. The largest absolute Gasteiger partial charge is 0.480 e. The summed E-state index contributed by atoms with van der Waals surface area (Å²) in [5.41, 5.74) is 5.90. The van der Waals surface area contributed by atoms with Crippen LogP contribution in [0.1, 0.15) is 22.1 Å². The number of carbonyl (C=O) groups excluding carboxylic acids is 1. The maximum Gasteiger partial charge on any atom is 0.326 e. The van der Waals surface area contributed by atoms with Crippen molar-refractivity contribution in [2.24, 2.45) is 5.73 Å². The van der Waals surface area contributed by atoms with E-state index in [1.807, 2.05) is 0 Å². The molecule has 68 valence electrons. The second-order valence-corrected chi connectivity index (χ2v) is 2.45. The summed E-state index contributed by atoms with van der Waals surface area (Å²) in [7, 11) is 0. The number of carbonyl (C=O) groups is 2. The van der Waals surface area contributed by atoms with E-state index in [9.17, 15) is 9.59 Å². The van der Waals surface area contributed by atoms with Gasteiger partial charge in [0.2, 0.25) is 0 Å². The molecule has 0 saturated carbocycles. The fourth-order valence-electron chi connectivity index (χ4n) is 0.797. The molecule has 5 nitrogen and oxygen atoms in total. The maximum absolute atomic E-state index is 10.4. The lowest BCUT2D eigenvalue weighted by Gasteiger charge is -2.04. The molecule has 13 heavy (non-hydrogen) atoms. The summed E-state index contributed by atoms with van der Waals surface area (Å²) in [4.78, 5) is 24.4. The highest BCUT2D eigenvalue weighted by Crippen LogP contribution is 2.06. The SMILES string of the molecule is NC(C(=O)O)c1ccc(C=O)cn1. The van der Waals surface area contributed by atoms with E-state index in [0.717, 1.165) is 0 Å². The third-order valence-electron chi connectivity index (χ3n) is 1.53. The van der Waals surface area contributed by atoms with E-state index in [1.165, 1.54) is 18.3 Å². The van der Waals surface area contributed by atoms with Crippen molar-refractivity contribution in [3.63, 3.8) is 0 Å². The molecule has 0 spiro atoms. The number of carboxylic acid groups (broad SMARTS) is 1. The zero-order valence-corrected chi connectivity index (χ0v) is 6.68. The molecule has 0 bridgehead atoms. The molecular weight excluding hydrogens is 172 g/mol. The summed E-state index contributed by atoms with van der Waals surface area (Å²) < 4.78 is 0. The van der Waals surface area contributed by atoms with Gasteiger partial charge >= 0.3 is 5.97 Å². The average molecular weight is 180 g/mol. The number of aliphatic carboxylic acids is 1. The molecule has 1 atom stereocenters. The van der Waals surface area contributed by atoms with Gasteiger partial charge in [-0.2, -0.15) is 0 Å². The van der Waals surface area contributed by atoms with Gasteiger partial charge in [0.05, 0.1) is 5.69 Å². The molecule has 0 saturated heterocycles. The van der Waals surface area contributed by atoms with Gasteiger partial charge < -0.3 is 10.8 Å². The van der Waals surface area contributed by atoms with Gasteiger partial charge in [0, 0.05) is 11.8 Å². The summed E-state index contributed by atoms with van der Waals surface area (Å²) in [6.45, 7) is 0. The van der Waals surface area contributed by atoms with Crippen molar-refractivity contribution in [2.45, 2.75) is 6.04 Å². The van der Waals surface area contributed by atoms with Gasteiger partial charge in [-0.05, 0) is 12.1 Å². The lowest BCUT2D eigenvalue weighted by atomic mass is 10.2. The molecule has 1 aromatic rings. The van der Waals surface area contributed by atoms with Crippen LogP contribution in [0.4, 0.5) is 0 Å². The fourth-order valence-corrected chi connectivity index (χ4v) is 0.797. The summed E-state index contributed by atoms with van der Waals surface area (Å²) in [5, 5.41) is 8.53. The molecule has 0 aromatic carbocycles. The highest BCUT2D eigenvalue weighted by molar-refractivity contribution is 5.76. The molecule has 3 N–H and O–H groups in total. The first kappa shape index (κ1) is 9.34. The van der Waals surface area contributed by atoms with E-state index in [4.69, 9.17) is 10.8 Å². The molecule has 0 aliphatic rings.